The Morgan fingerprint density at radius 2 is 1.94 bits per heavy atom. The van der Waals surface area contributed by atoms with Gasteiger partial charge in [-0.05, 0) is 48.5 Å². The third-order valence-electron chi connectivity index (χ3n) is 4.60. The van der Waals surface area contributed by atoms with Crippen LogP contribution in [0.1, 0.15) is 5.76 Å². The Kier molecular flexibility index (Phi) is 7.36. The van der Waals surface area contributed by atoms with Crippen molar-refractivity contribution < 1.29 is 19.0 Å². The molecule has 0 saturated heterocycles. The Hall–Kier alpha value is -2.94. The highest BCUT2D eigenvalue weighted by Crippen LogP contribution is 2.28. The van der Waals surface area contributed by atoms with Crippen LogP contribution in [0, 0.1) is 0 Å². The van der Waals surface area contributed by atoms with Gasteiger partial charge in [-0.1, -0.05) is 35.5 Å². The average Bonchev–Trinajstić information content (AvgIpc) is 3.48. The van der Waals surface area contributed by atoms with Crippen molar-refractivity contribution in [3.05, 3.63) is 77.7 Å². The summed E-state index contributed by atoms with van der Waals surface area (Å²) in [5, 5.41) is 20.5. The number of aliphatic hydroxyl groups is 1. The van der Waals surface area contributed by atoms with Gasteiger partial charge >= 0.3 is 0 Å². The number of methoxy groups -OCH3 is 1. The number of aromatic nitrogens is 3. The zero-order valence-electron chi connectivity index (χ0n) is 17.3. The number of benzene rings is 2. The molecule has 7 nitrogen and oxygen atoms in total. The van der Waals surface area contributed by atoms with Crippen molar-refractivity contribution in [2.45, 2.75) is 17.8 Å². The molecule has 2 heterocycles. The lowest BCUT2D eigenvalue weighted by molar-refractivity contribution is 0.126. The summed E-state index contributed by atoms with van der Waals surface area (Å²) in [5.74, 6) is 3.25. The van der Waals surface area contributed by atoms with E-state index in [1.165, 1.54) is 11.8 Å². The van der Waals surface area contributed by atoms with Gasteiger partial charge in [-0.15, -0.1) is 10.2 Å². The molecule has 0 amide bonds. The van der Waals surface area contributed by atoms with E-state index in [1.54, 1.807) is 37.6 Å². The maximum absolute atomic E-state index is 10.4. The lowest BCUT2D eigenvalue weighted by Gasteiger charge is -2.13. The Balaban J connectivity index is 1.47. The molecule has 0 fully saturated rings. The molecule has 166 valence electrons. The van der Waals surface area contributed by atoms with Crippen LogP contribution in [-0.2, 0) is 6.54 Å². The van der Waals surface area contributed by atoms with Crippen molar-refractivity contribution in [2.24, 2.45) is 0 Å². The molecule has 0 radical (unpaired) electrons. The fourth-order valence-corrected chi connectivity index (χ4v) is 3.98. The minimum absolute atomic E-state index is 0.156. The maximum Gasteiger partial charge on any atom is 0.192 e. The van der Waals surface area contributed by atoms with Crippen molar-refractivity contribution >= 4 is 23.4 Å². The minimum atomic E-state index is -0.690. The zero-order valence-corrected chi connectivity index (χ0v) is 18.9. The molecule has 4 rings (SSSR count). The van der Waals surface area contributed by atoms with E-state index in [1.807, 2.05) is 41.0 Å². The summed E-state index contributed by atoms with van der Waals surface area (Å²) in [7, 11) is 1.63. The van der Waals surface area contributed by atoms with Gasteiger partial charge < -0.3 is 19.0 Å². The monoisotopic (exact) mass is 471 g/mol. The van der Waals surface area contributed by atoms with E-state index in [0.717, 1.165) is 17.1 Å². The molecule has 0 aliphatic heterocycles. The van der Waals surface area contributed by atoms with Crippen molar-refractivity contribution in [1.29, 1.82) is 0 Å². The van der Waals surface area contributed by atoms with E-state index in [9.17, 15) is 5.11 Å². The summed E-state index contributed by atoms with van der Waals surface area (Å²) < 4.78 is 18.5. The SMILES string of the molecule is COc1cccc(-c2nnc(SCC(O)COc3ccc(Cl)cc3)n2Cc2ccco2)c1. The molecule has 1 N–H and O–H groups in total. The second kappa shape index (κ2) is 10.6. The topological polar surface area (TPSA) is 82.5 Å². The Morgan fingerprint density at radius 1 is 1.09 bits per heavy atom. The third kappa shape index (κ3) is 5.64. The predicted molar refractivity (Wildman–Crippen MR) is 123 cm³/mol. The lowest BCUT2D eigenvalue weighted by Crippen LogP contribution is -2.20. The van der Waals surface area contributed by atoms with Gasteiger partial charge in [0.15, 0.2) is 11.0 Å². The first-order valence-corrected chi connectivity index (χ1v) is 11.3. The lowest BCUT2D eigenvalue weighted by atomic mass is 10.2. The number of aliphatic hydroxyl groups excluding tert-OH is 1. The highest BCUT2D eigenvalue weighted by molar-refractivity contribution is 7.99. The second-order valence-electron chi connectivity index (χ2n) is 6.93. The van der Waals surface area contributed by atoms with Gasteiger partial charge in [-0.25, -0.2) is 0 Å². The molecular formula is C23H22ClN3O4S. The molecule has 2 aromatic heterocycles. The zero-order chi connectivity index (χ0) is 22.3. The van der Waals surface area contributed by atoms with Gasteiger partial charge in [0.05, 0.1) is 26.0 Å². The summed E-state index contributed by atoms with van der Waals surface area (Å²) in [6, 6.07) is 18.4. The van der Waals surface area contributed by atoms with Crippen LogP contribution < -0.4 is 9.47 Å². The minimum Gasteiger partial charge on any atom is -0.497 e. The maximum atomic E-state index is 10.4. The first kappa shape index (κ1) is 22.3. The van der Waals surface area contributed by atoms with Crippen LogP contribution in [-0.4, -0.2) is 45.4 Å². The number of rotatable bonds is 10. The molecule has 32 heavy (non-hydrogen) atoms. The Bertz CT molecular complexity index is 1130. The molecular weight excluding hydrogens is 450 g/mol. The van der Waals surface area contributed by atoms with E-state index in [0.29, 0.717) is 34.1 Å². The molecule has 0 aliphatic carbocycles. The van der Waals surface area contributed by atoms with Crippen LogP contribution in [0.2, 0.25) is 5.02 Å². The fraction of sp³-hybridized carbons (Fsp3) is 0.217. The normalized spacial score (nSPS) is 12.0. The van der Waals surface area contributed by atoms with Crippen LogP contribution >= 0.6 is 23.4 Å². The van der Waals surface area contributed by atoms with Gasteiger partial charge in [0.2, 0.25) is 0 Å². The molecule has 1 atom stereocenters. The standard InChI is InChI=1S/C23H22ClN3O4S/c1-29-20-5-2-4-16(12-20)22-25-26-23(27(22)13-21-6-3-11-30-21)32-15-18(28)14-31-19-9-7-17(24)8-10-19/h2-12,18,28H,13-15H2,1H3. The number of hydrogen-bond donors (Lipinski definition) is 1. The molecule has 0 saturated carbocycles. The number of furan rings is 1. The quantitative estimate of drug-likeness (QED) is 0.333. The molecule has 1 unspecified atom stereocenters. The van der Waals surface area contributed by atoms with E-state index < -0.39 is 6.10 Å². The fourth-order valence-electron chi connectivity index (χ4n) is 3.01. The molecule has 0 bridgehead atoms. The summed E-state index contributed by atoms with van der Waals surface area (Å²) in [6.45, 7) is 0.621. The first-order valence-electron chi connectivity index (χ1n) is 9.91. The molecule has 0 spiro atoms. The van der Waals surface area contributed by atoms with Crippen LogP contribution in [0.4, 0.5) is 0 Å². The number of hydrogen-bond acceptors (Lipinski definition) is 7. The molecule has 0 aliphatic rings. The highest BCUT2D eigenvalue weighted by Gasteiger charge is 2.18. The van der Waals surface area contributed by atoms with Gasteiger partial charge in [0.1, 0.15) is 23.9 Å². The van der Waals surface area contributed by atoms with Crippen LogP contribution in [0.15, 0.2) is 76.5 Å². The van der Waals surface area contributed by atoms with Crippen LogP contribution in [0.5, 0.6) is 11.5 Å². The van der Waals surface area contributed by atoms with E-state index >= 15 is 0 Å². The van der Waals surface area contributed by atoms with E-state index in [2.05, 4.69) is 10.2 Å². The number of halogens is 1. The Labute approximate surface area is 194 Å². The highest BCUT2D eigenvalue weighted by atomic mass is 35.5. The van der Waals surface area contributed by atoms with Crippen LogP contribution in [0.3, 0.4) is 0 Å². The smallest absolute Gasteiger partial charge is 0.192 e. The van der Waals surface area contributed by atoms with Crippen LogP contribution in [0.25, 0.3) is 11.4 Å². The van der Waals surface area contributed by atoms with E-state index in [4.69, 9.17) is 25.5 Å². The van der Waals surface area contributed by atoms with Crippen molar-refractivity contribution in [1.82, 2.24) is 14.8 Å². The average molecular weight is 472 g/mol. The van der Waals surface area contributed by atoms with Gasteiger partial charge in [0, 0.05) is 16.3 Å². The largest absolute Gasteiger partial charge is 0.497 e. The molecule has 9 heteroatoms. The van der Waals surface area contributed by atoms with Gasteiger partial charge in [0.25, 0.3) is 0 Å². The summed E-state index contributed by atoms with van der Waals surface area (Å²) >= 11 is 7.29. The van der Waals surface area contributed by atoms with Crippen molar-refractivity contribution in [2.75, 3.05) is 19.5 Å². The van der Waals surface area contributed by atoms with Crippen molar-refractivity contribution in [3.8, 4) is 22.9 Å². The van der Waals surface area contributed by atoms with Crippen molar-refractivity contribution in [3.63, 3.8) is 0 Å². The van der Waals surface area contributed by atoms with E-state index in [-0.39, 0.29) is 6.61 Å². The predicted octanol–water partition coefficient (Wildman–Crippen LogP) is 4.78. The Morgan fingerprint density at radius 3 is 2.69 bits per heavy atom. The molecule has 4 aromatic rings. The summed E-state index contributed by atoms with van der Waals surface area (Å²) in [5.41, 5.74) is 0.877. The number of thioether (sulfide) groups is 1. The number of ether oxygens (including phenoxy) is 2. The number of nitrogens with zero attached hydrogens (tertiary/aromatic N) is 3. The summed E-state index contributed by atoms with van der Waals surface area (Å²) in [4.78, 5) is 0. The van der Waals surface area contributed by atoms with Gasteiger partial charge in [-0.2, -0.15) is 0 Å². The third-order valence-corrected chi connectivity index (χ3v) is 5.96. The first-order chi connectivity index (χ1) is 15.6. The summed E-state index contributed by atoms with van der Waals surface area (Å²) in [6.07, 6.45) is 0.944. The second-order valence-corrected chi connectivity index (χ2v) is 8.36. The van der Waals surface area contributed by atoms with Gasteiger partial charge in [-0.3, -0.25) is 4.57 Å². The molecule has 2 aromatic carbocycles.